The number of phenols is 1. The van der Waals surface area contributed by atoms with Gasteiger partial charge in [0.15, 0.2) is 11.6 Å². The number of carboxylic acids is 1. The summed E-state index contributed by atoms with van der Waals surface area (Å²) in [6.45, 7) is 7.84. The molecule has 8 heteroatoms. The van der Waals surface area contributed by atoms with Crippen molar-refractivity contribution in [2.45, 2.75) is 13.8 Å². The molecular formula is C27H18Cl3FO4. The van der Waals surface area contributed by atoms with Crippen LogP contribution in [-0.2, 0) is 0 Å². The van der Waals surface area contributed by atoms with Gasteiger partial charge < -0.3 is 14.9 Å². The van der Waals surface area contributed by atoms with Gasteiger partial charge in [-0.2, -0.15) is 0 Å². The van der Waals surface area contributed by atoms with Crippen molar-refractivity contribution in [1.29, 1.82) is 0 Å². The molecule has 0 fully saturated rings. The Hall–Kier alpha value is -3.25. The fourth-order valence-corrected chi connectivity index (χ4v) is 4.78. The van der Waals surface area contributed by atoms with Crippen molar-refractivity contribution in [2.75, 3.05) is 0 Å². The number of hydrogen-bond acceptors (Lipinski definition) is 3. The number of fused-ring (bicyclic) bond motifs is 4. The molecule has 4 aromatic rings. The summed E-state index contributed by atoms with van der Waals surface area (Å²) in [5.74, 6) is -2.43. The van der Waals surface area contributed by atoms with Gasteiger partial charge in [0, 0.05) is 38.2 Å². The van der Waals surface area contributed by atoms with Crippen molar-refractivity contribution < 1.29 is 24.1 Å². The number of carbonyl (C=O) groups is 1. The molecule has 2 N–H and O–H groups in total. The third kappa shape index (κ3) is 3.90. The molecular weight excluding hydrogens is 514 g/mol. The predicted molar refractivity (Wildman–Crippen MR) is 138 cm³/mol. The van der Waals surface area contributed by atoms with Gasteiger partial charge in [0.2, 0.25) is 0 Å². The molecule has 0 amide bonds. The molecule has 0 aromatic heterocycles. The van der Waals surface area contributed by atoms with E-state index in [1.54, 1.807) is 24.3 Å². The van der Waals surface area contributed by atoms with E-state index in [9.17, 15) is 15.0 Å². The topological polar surface area (TPSA) is 66.8 Å². The smallest absolute Gasteiger partial charge is 0.337 e. The maximum Gasteiger partial charge on any atom is 0.337 e. The molecule has 1 aliphatic rings. The van der Waals surface area contributed by atoms with E-state index in [1.165, 1.54) is 24.3 Å². The van der Waals surface area contributed by atoms with E-state index in [1.807, 2.05) is 13.8 Å². The predicted octanol–water partition coefficient (Wildman–Crippen LogP) is 7.13. The number of phenolic OH excluding ortho intramolecular Hbond substituents is 1. The standard InChI is InChI=1S/C25H12Cl3FO4.C2H6/c1-10-11-4-2-3-5-12(11)20-19(21-14(26)6-7-15(27)22(21)25(31)32)13-8-16(28)17(30)9-18(13)33-24(20)23(10)29;1-2/h2-9,30H,1H2,(H,31,32);1-2H3. The molecule has 5 rings (SSSR count). The highest BCUT2D eigenvalue weighted by Gasteiger charge is 2.31. The van der Waals surface area contributed by atoms with Crippen LogP contribution in [0, 0.1) is 5.82 Å². The summed E-state index contributed by atoms with van der Waals surface area (Å²) in [7, 11) is 0. The number of hydrogen-bond donors (Lipinski definition) is 2. The molecule has 178 valence electrons. The highest BCUT2D eigenvalue weighted by Crippen LogP contribution is 2.45. The molecule has 1 aliphatic heterocycles. The van der Waals surface area contributed by atoms with Crippen LogP contribution < -0.4 is 15.2 Å². The Bertz CT molecular complexity index is 1650. The third-order valence-electron chi connectivity index (χ3n) is 5.56. The minimum absolute atomic E-state index is 0.00752. The lowest BCUT2D eigenvalue weighted by molar-refractivity contribution is 0.0696. The molecule has 0 spiro atoms. The van der Waals surface area contributed by atoms with Crippen molar-refractivity contribution in [3.63, 3.8) is 0 Å². The fraction of sp³-hybridized carbons (Fsp3) is 0.0741. The van der Waals surface area contributed by atoms with E-state index < -0.39 is 11.8 Å². The van der Waals surface area contributed by atoms with Crippen molar-refractivity contribution in [2.24, 2.45) is 0 Å². The van der Waals surface area contributed by atoms with E-state index in [2.05, 4.69) is 6.58 Å². The Morgan fingerprint density at radius 2 is 1.60 bits per heavy atom. The fourth-order valence-electron chi connectivity index (χ4n) is 4.13. The Morgan fingerprint density at radius 3 is 2.26 bits per heavy atom. The second kappa shape index (κ2) is 9.42. The number of aromatic hydroxyl groups is 1. The van der Waals surface area contributed by atoms with E-state index >= 15 is 4.39 Å². The van der Waals surface area contributed by atoms with E-state index in [0.717, 1.165) is 0 Å². The van der Waals surface area contributed by atoms with Crippen LogP contribution in [0.4, 0.5) is 4.39 Å². The lowest BCUT2D eigenvalue weighted by Crippen LogP contribution is -2.25. The first-order chi connectivity index (χ1) is 16.7. The Morgan fingerprint density at radius 1 is 0.971 bits per heavy atom. The lowest BCUT2D eigenvalue weighted by atomic mass is 9.87. The van der Waals surface area contributed by atoms with Crippen molar-refractivity contribution in [3.8, 4) is 17.2 Å². The van der Waals surface area contributed by atoms with E-state index in [-0.39, 0.29) is 59.5 Å². The zero-order valence-corrected chi connectivity index (χ0v) is 20.8. The van der Waals surface area contributed by atoms with Crippen LogP contribution in [0.5, 0.6) is 17.2 Å². The van der Waals surface area contributed by atoms with E-state index in [0.29, 0.717) is 16.3 Å². The van der Waals surface area contributed by atoms with E-state index in [4.69, 9.17) is 39.5 Å². The van der Waals surface area contributed by atoms with Crippen molar-refractivity contribution in [3.05, 3.63) is 96.5 Å². The molecule has 0 unspecified atom stereocenters. The maximum atomic E-state index is 15.6. The summed E-state index contributed by atoms with van der Waals surface area (Å²) in [5.41, 5.74) is 0.391. The van der Waals surface area contributed by atoms with Crippen molar-refractivity contribution >= 4 is 63.7 Å². The SMILES string of the molecule is C=c1c(F)c2c(c3ccccc13)=C(c1c(Cl)ccc(Cl)c1C(=O)O)c1cc(Cl)c(O)cc1O2.CC. The number of carboxylic acid groups (broad SMARTS) is 1. The number of ether oxygens (including phenoxy) is 1. The van der Waals surface area contributed by atoms with Gasteiger partial charge in [-0.1, -0.05) is 79.5 Å². The molecule has 0 radical (unpaired) electrons. The second-order valence-corrected chi connectivity index (χ2v) is 8.63. The number of benzene rings is 4. The van der Waals surface area contributed by atoms with Gasteiger partial charge in [-0.05, 0) is 29.0 Å². The van der Waals surface area contributed by atoms with Crippen LogP contribution in [0.15, 0.2) is 48.5 Å². The average Bonchev–Trinajstić information content (AvgIpc) is 2.84. The normalized spacial score (nSPS) is 11.8. The van der Waals surface area contributed by atoms with Gasteiger partial charge in [-0.3, -0.25) is 0 Å². The highest BCUT2D eigenvalue weighted by atomic mass is 35.5. The largest absolute Gasteiger partial charge is 0.506 e. The average molecular weight is 532 g/mol. The maximum absolute atomic E-state index is 15.6. The van der Waals surface area contributed by atoms with Crippen LogP contribution >= 0.6 is 34.8 Å². The van der Waals surface area contributed by atoms with Crippen LogP contribution in [0.25, 0.3) is 22.9 Å². The molecule has 0 aliphatic carbocycles. The third-order valence-corrected chi connectivity index (χ3v) is 6.49. The summed E-state index contributed by atoms with van der Waals surface area (Å²) >= 11 is 19.0. The quantitative estimate of drug-likeness (QED) is 0.254. The first kappa shape index (κ1) is 24.9. The Balaban J connectivity index is 0.00000141. The summed E-state index contributed by atoms with van der Waals surface area (Å²) in [6, 6.07) is 12.4. The first-order valence-corrected chi connectivity index (χ1v) is 11.7. The van der Waals surface area contributed by atoms with Gasteiger partial charge >= 0.3 is 5.97 Å². The molecule has 0 bridgehead atoms. The molecule has 4 nitrogen and oxygen atoms in total. The molecule has 1 heterocycles. The van der Waals surface area contributed by atoms with Gasteiger partial charge in [0.25, 0.3) is 0 Å². The lowest BCUT2D eigenvalue weighted by Gasteiger charge is -2.25. The highest BCUT2D eigenvalue weighted by molar-refractivity contribution is 6.37. The van der Waals surface area contributed by atoms with Gasteiger partial charge in [-0.25, -0.2) is 9.18 Å². The minimum Gasteiger partial charge on any atom is -0.506 e. The van der Waals surface area contributed by atoms with Crippen LogP contribution in [0.3, 0.4) is 0 Å². The Kier molecular flexibility index (Phi) is 6.69. The second-order valence-electron chi connectivity index (χ2n) is 7.40. The van der Waals surface area contributed by atoms with Crippen LogP contribution in [0.2, 0.25) is 15.1 Å². The number of halogens is 4. The summed E-state index contributed by atoms with van der Waals surface area (Å²) in [5, 5.41) is 21.6. The van der Waals surface area contributed by atoms with Gasteiger partial charge in [-0.15, -0.1) is 0 Å². The zero-order chi connectivity index (χ0) is 25.6. The van der Waals surface area contributed by atoms with Crippen LogP contribution in [0.1, 0.15) is 35.3 Å². The first-order valence-electron chi connectivity index (χ1n) is 10.6. The zero-order valence-electron chi connectivity index (χ0n) is 18.5. The van der Waals surface area contributed by atoms with Gasteiger partial charge in [0.05, 0.1) is 15.6 Å². The number of rotatable bonds is 2. The monoisotopic (exact) mass is 530 g/mol. The molecule has 0 saturated carbocycles. The minimum atomic E-state index is -1.32. The number of aromatic carboxylic acids is 1. The molecule has 0 saturated heterocycles. The summed E-state index contributed by atoms with van der Waals surface area (Å²) in [6.07, 6.45) is 0. The molecule has 35 heavy (non-hydrogen) atoms. The summed E-state index contributed by atoms with van der Waals surface area (Å²) in [4.78, 5) is 12.2. The molecule has 0 atom stereocenters. The Labute approximate surface area is 215 Å². The van der Waals surface area contributed by atoms with Crippen LogP contribution in [-0.4, -0.2) is 16.2 Å². The van der Waals surface area contributed by atoms with Crippen molar-refractivity contribution in [1.82, 2.24) is 0 Å². The van der Waals surface area contributed by atoms with Gasteiger partial charge in [0.1, 0.15) is 11.5 Å². The molecule has 4 aromatic carbocycles. The summed E-state index contributed by atoms with van der Waals surface area (Å²) < 4.78 is 21.4.